The molecular weight excluding hydrogens is 264 g/mol. The molecule has 0 fully saturated rings. The molecule has 1 rings (SSSR count). The summed E-state index contributed by atoms with van der Waals surface area (Å²) in [6, 6.07) is 7.24. The van der Waals surface area contributed by atoms with Gasteiger partial charge in [0.15, 0.2) is 14.6 Å². The van der Waals surface area contributed by atoms with E-state index in [1.807, 2.05) is 12.1 Å². The molecule has 0 spiro atoms. The van der Waals surface area contributed by atoms with Crippen LogP contribution >= 0.6 is 11.6 Å². The molecule has 0 saturated heterocycles. The summed E-state index contributed by atoms with van der Waals surface area (Å²) in [6.45, 7) is 10.7. The van der Waals surface area contributed by atoms with Gasteiger partial charge in [-0.2, -0.15) is 0 Å². The van der Waals surface area contributed by atoms with Gasteiger partial charge in [-0.3, -0.25) is 0 Å². The Morgan fingerprint density at radius 1 is 1.22 bits per heavy atom. The smallest absolute Gasteiger partial charge is 0.193 e. The van der Waals surface area contributed by atoms with Crippen LogP contribution in [0.3, 0.4) is 0 Å². The van der Waals surface area contributed by atoms with E-state index in [2.05, 4.69) is 33.9 Å². The molecule has 100 valence electrons. The molecule has 0 saturated carbocycles. The maximum absolute atomic E-state index is 11.3. The van der Waals surface area contributed by atoms with Gasteiger partial charge in [-0.05, 0) is 35.8 Å². The second kappa shape index (κ2) is 5.55. The molecule has 1 aromatic carbocycles. The van der Waals surface area contributed by atoms with Crippen molar-refractivity contribution >= 4 is 26.2 Å². The Kier molecular flexibility index (Phi) is 4.76. The van der Waals surface area contributed by atoms with Crippen molar-refractivity contribution in [3.63, 3.8) is 0 Å². The summed E-state index contributed by atoms with van der Waals surface area (Å²) in [4.78, 5) is 11.3. The zero-order chi connectivity index (χ0) is 14.0. The van der Waals surface area contributed by atoms with Crippen LogP contribution in [0.25, 0.3) is 0 Å². The summed E-state index contributed by atoms with van der Waals surface area (Å²) < 4.78 is 6.11. The van der Waals surface area contributed by atoms with Gasteiger partial charge in [0.25, 0.3) is 0 Å². The first-order chi connectivity index (χ1) is 8.17. The summed E-state index contributed by atoms with van der Waals surface area (Å²) in [6.07, 6.45) is 0.368. The van der Waals surface area contributed by atoms with Crippen LogP contribution < -0.4 is 0 Å². The van der Waals surface area contributed by atoms with Crippen LogP contribution in [0.5, 0.6) is 0 Å². The molecule has 0 aliphatic carbocycles. The molecule has 0 radical (unpaired) electrons. The molecule has 0 amide bonds. The van der Waals surface area contributed by atoms with Crippen molar-refractivity contribution in [1.82, 2.24) is 0 Å². The van der Waals surface area contributed by atoms with Gasteiger partial charge in [-0.1, -0.05) is 44.5 Å². The molecule has 1 unspecified atom stereocenters. The second-order valence-electron chi connectivity index (χ2n) is 5.99. The van der Waals surface area contributed by atoms with Crippen molar-refractivity contribution in [3.05, 3.63) is 34.9 Å². The van der Waals surface area contributed by atoms with Crippen molar-refractivity contribution in [2.45, 2.75) is 45.0 Å². The molecule has 2 nitrogen and oxygen atoms in total. The van der Waals surface area contributed by atoms with Crippen molar-refractivity contribution in [1.29, 1.82) is 0 Å². The lowest BCUT2D eigenvalue weighted by Crippen LogP contribution is -2.42. The van der Waals surface area contributed by atoms with Crippen molar-refractivity contribution in [2.24, 2.45) is 0 Å². The van der Waals surface area contributed by atoms with Crippen molar-refractivity contribution < 1.29 is 9.22 Å². The Labute approximate surface area is 115 Å². The summed E-state index contributed by atoms with van der Waals surface area (Å²) in [5, 5.41) is 0.747. The van der Waals surface area contributed by atoms with Gasteiger partial charge in [-0.25, -0.2) is 0 Å². The SMILES string of the molecule is CC(C)(C)[Si](C)(C)OC(C=O)c1ccc(Cl)cc1. The number of carbonyl (C=O) groups is 1. The van der Waals surface area contributed by atoms with E-state index in [4.69, 9.17) is 16.0 Å². The third-order valence-corrected chi connectivity index (χ3v) is 8.26. The van der Waals surface area contributed by atoms with E-state index < -0.39 is 14.4 Å². The van der Waals surface area contributed by atoms with Crippen LogP contribution in [-0.4, -0.2) is 14.6 Å². The molecule has 0 heterocycles. The highest BCUT2D eigenvalue weighted by Crippen LogP contribution is 2.39. The lowest BCUT2D eigenvalue weighted by Gasteiger charge is -2.38. The summed E-state index contributed by atoms with van der Waals surface area (Å²) in [7, 11) is -1.95. The van der Waals surface area contributed by atoms with Crippen LogP contribution in [0.2, 0.25) is 23.2 Å². The second-order valence-corrected chi connectivity index (χ2v) is 11.2. The predicted molar refractivity (Wildman–Crippen MR) is 78.5 cm³/mol. The van der Waals surface area contributed by atoms with E-state index in [1.165, 1.54) is 0 Å². The average Bonchev–Trinajstić information content (AvgIpc) is 2.25. The van der Waals surface area contributed by atoms with Gasteiger partial charge in [0.05, 0.1) is 0 Å². The fraction of sp³-hybridized carbons (Fsp3) is 0.500. The van der Waals surface area contributed by atoms with E-state index in [9.17, 15) is 4.79 Å². The molecule has 1 aromatic rings. The molecule has 4 heteroatoms. The highest BCUT2D eigenvalue weighted by Gasteiger charge is 2.39. The Balaban J connectivity index is 2.92. The maximum atomic E-state index is 11.3. The number of carbonyl (C=O) groups excluding carboxylic acids is 1. The van der Waals surface area contributed by atoms with Gasteiger partial charge >= 0.3 is 0 Å². The first-order valence-corrected chi connectivity index (χ1v) is 9.34. The number of aldehydes is 1. The molecule has 0 N–H and O–H groups in total. The fourth-order valence-electron chi connectivity index (χ4n) is 1.32. The summed E-state index contributed by atoms with van der Waals surface area (Å²) in [5.41, 5.74) is 0.860. The minimum atomic E-state index is -1.95. The van der Waals surface area contributed by atoms with Gasteiger partial charge in [0, 0.05) is 5.02 Å². The minimum Gasteiger partial charge on any atom is -0.403 e. The van der Waals surface area contributed by atoms with Crippen LogP contribution in [0, 0.1) is 0 Å². The summed E-state index contributed by atoms with van der Waals surface area (Å²) in [5.74, 6) is 0. The number of hydrogen-bond acceptors (Lipinski definition) is 2. The zero-order valence-corrected chi connectivity index (χ0v) is 13.4. The normalized spacial score (nSPS) is 14.3. The Morgan fingerprint density at radius 2 is 1.72 bits per heavy atom. The largest absolute Gasteiger partial charge is 0.403 e. The Bertz CT molecular complexity index is 407. The number of halogens is 1. The van der Waals surface area contributed by atoms with E-state index in [-0.39, 0.29) is 5.04 Å². The van der Waals surface area contributed by atoms with Crippen LogP contribution in [0.1, 0.15) is 32.4 Å². The monoisotopic (exact) mass is 284 g/mol. The lowest BCUT2D eigenvalue weighted by molar-refractivity contribution is -0.114. The summed E-state index contributed by atoms with van der Waals surface area (Å²) >= 11 is 5.84. The number of hydrogen-bond donors (Lipinski definition) is 0. The van der Waals surface area contributed by atoms with Crippen molar-refractivity contribution in [2.75, 3.05) is 0 Å². The molecule has 1 atom stereocenters. The quantitative estimate of drug-likeness (QED) is 0.596. The molecule has 0 aromatic heterocycles. The predicted octanol–water partition coefficient (Wildman–Crippen LogP) is 4.60. The van der Waals surface area contributed by atoms with E-state index in [0.29, 0.717) is 5.02 Å². The number of benzene rings is 1. The topological polar surface area (TPSA) is 26.3 Å². The zero-order valence-electron chi connectivity index (χ0n) is 11.7. The molecule has 0 aliphatic rings. The molecular formula is C14H21ClO2Si. The first kappa shape index (κ1) is 15.4. The van der Waals surface area contributed by atoms with Crippen LogP contribution in [0.15, 0.2) is 24.3 Å². The van der Waals surface area contributed by atoms with Gasteiger partial charge in [0.1, 0.15) is 6.10 Å². The van der Waals surface area contributed by atoms with Crippen LogP contribution in [-0.2, 0) is 9.22 Å². The fourth-order valence-corrected chi connectivity index (χ4v) is 2.63. The van der Waals surface area contributed by atoms with E-state index >= 15 is 0 Å². The molecule has 0 bridgehead atoms. The Morgan fingerprint density at radius 3 is 2.11 bits per heavy atom. The third kappa shape index (κ3) is 3.67. The maximum Gasteiger partial charge on any atom is 0.193 e. The number of rotatable bonds is 4. The lowest BCUT2D eigenvalue weighted by atomic mass is 10.1. The Hall–Kier alpha value is -0.643. The standard InChI is InChI=1S/C14H21ClO2Si/c1-14(2,3)18(4,5)17-13(10-16)11-6-8-12(15)9-7-11/h6-10,13H,1-5H3. The van der Waals surface area contributed by atoms with Gasteiger partial charge < -0.3 is 9.22 Å². The highest BCUT2D eigenvalue weighted by atomic mass is 35.5. The first-order valence-electron chi connectivity index (χ1n) is 6.06. The van der Waals surface area contributed by atoms with E-state index in [1.54, 1.807) is 12.1 Å². The van der Waals surface area contributed by atoms with Gasteiger partial charge in [0.2, 0.25) is 0 Å². The van der Waals surface area contributed by atoms with Crippen LogP contribution in [0.4, 0.5) is 0 Å². The van der Waals surface area contributed by atoms with Gasteiger partial charge in [-0.15, -0.1) is 0 Å². The third-order valence-electron chi connectivity index (χ3n) is 3.55. The molecule has 18 heavy (non-hydrogen) atoms. The highest BCUT2D eigenvalue weighted by molar-refractivity contribution is 6.74. The van der Waals surface area contributed by atoms with Crippen molar-refractivity contribution in [3.8, 4) is 0 Å². The minimum absolute atomic E-state index is 0.0840. The van der Waals surface area contributed by atoms with E-state index in [0.717, 1.165) is 11.8 Å². The average molecular weight is 285 g/mol. The molecule has 0 aliphatic heterocycles.